The standard InChI is InChI=1S/C15H22FN3O4/c1-22-8-4-6-15(13(20)21)5-3-7-19(10-15)14-17-9-11(16)12(18-14)23-2/h9H,3-8,10H2,1-2H3,(H,20,21). The first-order valence-corrected chi connectivity index (χ1v) is 7.56. The fourth-order valence-electron chi connectivity index (χ4n) is 2.98. The van der Waals surface area contributed by atoms with Crippen LogP contribution in [-0.4, -0.2) is 55.0 Å². The van der Waals surface area contributed by atoms with Gasteiger partial charge in [-0.3, -0.25) is 4.79 Å². The van der Waals surface area contributed by atoms with Crippen molar-refractivity contribution in [2.24, 2.45) is 5.41 Å². The van der Waals surface area contributed by atoms with Crippen LogP contribution >= 0.6 is 0 Å². The molecule has 1 atom stereocenters. The zero-order valence-corrected chi connectivity index (χ0v) is 13.4. The largest absolute Gasteiger partial charge is 0.481 e. The molecule has 1 fully saturated rings. The van der Waals surface area contributed by atoms with Gasteiger partial charge in [0.05, 0.1) is 18.7 Å². The highest BCUT2D eigenvalue weighted by Crippen LogP contribution is 2.36. The molecule has 1 aromatic heterocycles. The fraction of sp³-hybridized carbons (Fsp3) is 0.667. The van der Waals surface area contributed by atoms with E-state index >= 15 is 0 Å². The van der Waals surface area contributed by atoms with Crippen molar-refractivity contribution in [2.45, 2.75) is 25.7 Å². The Morgan fingerprint density at radius 2 is 2.30 bits per heavy atom. The molecule has 1 aliphatic rings. The number of hydrogen-bond acceptors (Lipinski definition) is 6. The minimum Gasteiger partial charge on any atom is -0.481 e. The molecule has 1 aromatic rings. The quantitative estimate of drug-likeness (QED) is 0.763. The Morgan fingerprint density at radius 1 is 1.52 bits per heavy atom. The Hall–Kier alpha value is -1.96. The van der Waals surface area contributed by atoms with Gasteiger partial charge in [0.15, 0.2) is 0 Å². The highest BCUT2D eigenvalue weighted by atomic mass is 19.1. The molecule has 0 aliphatic carbocycles. The number of rotatable bonds is 7. The zero-order valence-electron chi connectivity index (χ0n) is 13.4. The van der Waals surface area contributed by atoms with Crippen molar-refractivity contribution in [3.63, 3.8) is 0 Å². The van der Waals surface area contributed by atoms with Crippen LogP contribution in [0.15, 0.2) is 6.20 Å². The molecule has 1 N–H and O–H groups in total. The summed E-state index contributed by atoms with van der Waals surface area (Å²) >= 11 is 0. The lowest BCUT2D eigenvalue weighted by atomic mass is 9.76. The van der Waals surface area contributed by atoms with Gasteiger partial charge in [-0.1, -0.05) is 0 Å². The second-order valence-electron chi connectivity index (χ2n) is 5.73. The number of halogens is 1. The summed E-state index contributed by atoms with van der Waals surface area (Å²) in [6, 6.07) is 0. The van der Waals surface area contributed by atoms with Crippen LogP contribution in [0, 0.1) is 11.2 Å². The molecule has 0 bridgehead atoms. The van der Waals surface area contributed by atoms with Crippen LogP contribution in [0.25, 0.3) is 0 Å². The van der Waals surface area contributed by atoms with Crippen LogP contribution in [0.4, 0.5) is 10.3 Å². The number of carboxylic acid groups (broad SMARTS) is 1. The van der Waals surface area contributed by atoms with Crippen molar-refractivity contribution in [3.8, 4) is 5.88 Å². The summed E-state index contributed by atoms with van der Waals surface area (Å²) in [5.74, 6) is -1.31. The van der Waals surface area contributed by atoms with Crippen LogP contribution in [0.1, 0.15) is 25.7 Å². The van der Waals surface area contributed by atoms with Gasteiger partial charge in [-0.15, -0.1) is 0 Å². The number of carbonyl (C=O) groups is 1. The van der Waals surface area contributed by atoms with E-state index in [0.29, 0.717) is 51.3 Å². The molecule has 0 radical (unpaired) electrons. The maximum atomic E-state index is 13.4. The Kier molecular flexibility index (Phi) is 5.70. The molecule has 0 amide bonds. The number of anilines is 1. The van der Waals surface area contributed by atoms with E-state index in [1.165, 1.54) is 7.11 Å². The minimum atomic E-state index is -0.859. The monoisotopic (exact) mass is 327 g/mol. The number of carboxylic acids is 1. The molecule has 1 aliphatic heterocycles. The Balaban J connectivity index is 2.19. The van der Waals surface area contributed by atoms with Gasteiger partial charge in [0.2, 0.25) is 11.8 Å². The third kappa shape index (κ3) is 3.87. The van der Waals surface area contributed by atoms with E-state index in [-0.39, 0.29) is 5.88 Å². The molecule has 0 saturated carbocycles. The number of methoxy groups -OCH3 is 2. The summed E-state index contributed by atoms with van der Waals surface area (Å²) in [6.07, 6.45) is 3.54. The van der Waals surface area contributed by atoms with E-state index in [4.69, 9.17) is 9.47 Å². The SMILES string of the molecule is COCCCC1(C(=O)O)CCCN(c2ncc(F)c(OC)n2)C1. The number of piperidine rings is 1. The lowest BCUT2D eigenvalue weighted by Gasteiger charge is -2.40. The first-order chi connectivity index (χ1) is 11.0. The van der Waals surface area contributed by atoms with Crippen LogP contribution < -0.4 is 9.64 Å². The van der Waals surface area contributed by atoms with Crippen molar-refractivity contribution in [2.75, 3.05) is 38.8 Å². The van der Waals surface area contributed by atoms with Gasteiger partial charge in [-0.2, -0.15) is 9.37 Å². The lowest BCUT2D eigenvalue weighted by molar-refractivity contribution is -0.150. The van der Waals surface area contributed by atoms with E-state index in [1.54, 1.807) is 12.0 Å². The summed E-state index contributed by atoms with van der Waals surface area (Å²) in [5.41, 5.74) is -0.859. The van der Waals surface area contributed by atoms with Crippen molar-refractivity contribution < 1.29 is 23.8 Å². The van der Waals surface area contributed by atoms with Crippen molar-refractivity contribution in [1.82, 2.24) is 9.97 Å². The van der Waals surface area contributed by atoms with Crippen LogP contribution in [0.5, 0.6) is 5.88 Å². The Bertz CT molecular complexity index is 558. The minimum absolute atomic E-state index is 0.138. The number of aliphatic carboxylic acids is 1. The molecular weight excluding hydrogens is 305 g/mol. The molecule has 2 heterocycles. The summed E-state index contributed by atoms with van der Waals surface area (Å²) in [5, 5.41) is 9.70. The topological polar surface area (TPSA) is 84.8 Å². The molecule has 2 rings (SSSR count). The first-order valence-electron chi connectivity index (χ1n) is 7.56. The first kappa shape index (κ1) is 17.4. The summed E-state index contributed by atoms with van der Waals surface area (Å²) in [4.78, 5) is 21.6. The Morgan fingerprint density at radius 3 is 2.96 bits per heavy atom. The molecule has 7 nitrogen and oxygen atoms in total. The summed E-state index contributed by atoms with van der Waals surface area (Å²) in [7, 11) is 2.93. The second kappa shape index (κ2) is 7.54. The normalized spacial score (nSPS) is 21.3. The summed E-state index contributed by atoms with van der Waals surface area (Å²) in [6.45, 7) is 1.45. The van der Waals surface area contributed by atoms with E-state index in [1.807, 2.05) is 0 Å². The molecule has 23 heavy (non-hydrogen) atoms. The van der Waals surface area contributed by atoms with E-state index in [9.17, 15) is 14.3 Å². The zero-order chi connectivity index (χ0) is 16.9. The third-order valence-corrected chi connectivity index (χ3v) is 4.21. The molecule has 1 unspecified atom stereocenters. The molecule has 1 saturated heterocycles. The molecular formula is C15H22FN3O4. The fourth-order valence-corrected chi connectivity index (χ4v) is 2.98. The number of hydrogen-bond donors (Lipinski definition) is 1. The van der Waals surface area contributed by atoms with Gasteiger partial charge in [-0.25, -0.2) is 4.98 Å². The van der Waals surface area contributed by atoms with Gasteiger partial charge >= 0.3 is 5.97 Å². The molecule has 0 aromatic carbocycles. The maximum absolute atomic E-state index is 13.4. The average Bonchev–Trinajstić information content (AvgIpc) is 2.55. The number of nitrogens with zero attached hydrogens (tertiary/aromatic N) is 3. The smallest absolute Gasteiger partial charge is 0.311 e. The van der Waals surface area contributed by atoms with Crippen LogP contribution in [0.3, 0.4) is 0 Å². The van der Waals surface area contributed by atoms with E-state index in [2.05, 4.69) is 9.97 Å². The van der Waals surface area contributed by atoms with Crippen LogP contribution in [-0.2, 0) is 9.53 Å². The van der Waals surface area contributed by atoms with Crippen LogP contribution in [0.2, 0.25) is 0 Å². The third-order valence-electron chi connectivity index (χ3n) is 4.21. The Labute approximate surface area is 134 Å². The van der Waals surface area contributed by atoms with E-state index in [0.717, 1.165) is 6.20 Å². The predicted molar refractivity (Wildman–Crippen MR) is 81.2 cm³/mol. The molecule has 8 heteroatoms. The molecule has 0 spiro atoms. The van der Waals surface area contributed by atoms with Crippen molar-refractivity contribution in [1.29, 1.82) is 0 Å². The van der Waals surface area contributed by atoms with E-state index < -0.39 is 17.2 Å². The maximum Gasteiger partial charge on any atom is 0.311 e. The van der Waals surface area contributed by atoms with Gasteiger partial charge in [0.25, 0.3) is 5.88 Å². The highest BCUT2D eigenvalue weighted by Gasteiger charge is 2.42. The average molecular weight is 327 g/mol. The second-order valence-corrected chi connectivity index (χ2v) is 5.73. The van der Waals surface area contributed by atoms with Crippen molar-refractivity contribution in [3.05, 3.63) is 12.0 Å². The van der Waals surface area contributed by atoms with Gasteiger partial charge < -0.3 is 19.5 Å². The van der Waals surface area contributed by atoms with Gasteiger partial charge in [0, 0.05) is 26.8 Å². The molecule has 128 valence electrons. The number of aromatic nitrogens is 2. The predicted octanol–water partition coefficient (Wildman–Crippen LogP) is 1.72. The van der Waals surface area contributed by atoms with Gasteiger partial charge in [0.1, 0.15) is 0 Å². The van der Waals surface area contributed by atoms with Crippen molar-refractivity contribution >= 4 is 11.9 Å². The summed E-state index contributed by atoms with van der Waals surface area (Å²) < 4.78 is 23.3. The highest BCUT2D eigenvalue weighted by molar-refractivity contribution is 5.75. The number of ether oxygens (including phenoxy) is 2. The lowest BCUT2D eigenvalue weighted by Crippen LogP contribution is -2.48. The van der Waals surface area contributed by atoms with Gasteiger partial charge in [-0.05, 0) is 25.7 Å².